The number of halogens is 1. The fourth-order valence-electron chi connectivity index (χ4n) is 2.32. The van der Waals surface area contributed by atoms with Gasteiger partial charge in [0.05, 0.1) is 6.10 Å². The Kier molecular flexibility index (Phi) is 4.09. The van der Waals surface area contributed by atoms with Crippen molar-refractivity contribution in [3.63, 3.8) is 0 Å². The Bertz CT molecular complexity index is 430. The van der Waals surface area contributed by atoms with Crippen LogP contribution < -0.4 is 11.1 Å². The number of carbonyl (C=O) groups is 1. The first-order valence-corrected chi connectivity index (χ1v) is 6.46. The summed E-state index contributed by atoms with van der Waals surface area (Å²) < 4.78 is 0. The summed E-state index contributed by atoms with van der Waals surface area (Å²) in [6, 6.07) is 4.77. The molecular weight excluding hydrogens is 252 g/mol. The van der Waals surface area contributed by atoms with Gasteiger partial charge in [-0.3, -0.25) is 4.79 Å². The molecule has 2 rings (SSSR count). The van der Waals surface area contributed by atoms with Gasteiger partial charge in [0.15, 0.2) is 0 Å². The lowest BCUT2D eigenvalue weighted by molar-refractivity contribution is 0.0917. The van der Waals surface area contributed by atoms with Crippen LogP contribution in [0, 0.1) is 5.92 Å². The van der Waals surface area contributed by atoms with Crippen LogP contribution in [0.5, 0.6) is 0 Å². The van der Waals surface area contributed by atoms with Gasteiger partial charge in [-0.25, -0.2) is 0 Å². The van der Waals surface area contributed by atoms with Gasteiger partial charge in [-0.15, -0.1) is 0 Å². The number of nitrogens with two attached hydrogens (primary N) is 1. The number of hydrogen-bond acceptors (Lipinski definition) is 3. The highest BCUT2D eigenvalue weighted by atomic mass is 35.5. The molecule has 18 heavy (non-hydrogen) atoms. The number of nitrogens with one attached hydrogen (secondary N) is 1. The largest absolute Gasteiger partial charge is 0.399 e. The van der Waals surface area contributed by atoms with Gasteiger partial charge in [-0.1, -0.05) is 18.0 Å². The van der Waals surface area contributed by atoms with Crippen LogP contribution in [-0.4, -0.2) is 23.7 Å². The number of anilines is 1. The van der Waals surface area contributed by atoms with Crippen molar-refractivity contribution in [1.82, 2.24) is 5.32 Å². The van der Waals surface area contributed by atoms with Gasteiger partial charge in [0, 0.05) is 28.7 Å². The lowest BCUT2D eigenvalue weighted by Crippen LogP contribution is -2.32. The van der Waals surface area contributed by atoms with Gasteiger partial charge in [-0.05, 0) is 31.0 Å². The van der Waals surface area contributed by atoms with E-state index in [0.29, 0.717) is 22.8 Å². The average Bonchev–Trinajstić information content (AvgIpc) is 2.70. The fourth-order valence-corrected chi connectivity index (χ4v) is 2.57. The number of hydrogen-bond donors (Lipinski definition) is 3. The molecular formula is C13H17ClN2O2. The molecule has 0 aromatic heterocycles. The Balaban J connectivity index is 1.95. The Morgan fingerprint density at radius 1 is 1.44 bits per heavy atom. The molecule has 1 fully saturated rings. The highest BCUT2D eigenvalue weighted by molar-refractivity contribution is 6.31. The number of aliphatic hydroxyl groups is 1. The van der Waals surface area contributed by atoms with Gasteiger partial charge in [0.2, 0.25) is 0 Å². The quantitative estimate of drug-likeness (QED) is 0.732. The van der Waals surface area contributed by atoms with Gasteiger partial charge in [0.1, 0.15) is 0 Å². The van der Waals surface area contributed by atoms with Crippen molar-refractivity contribution >= 4 is 23.2 Å². The summed E-state index contributed by atoms with van der Waals surface area (Å²) in [5, 5.41) is 12.9. The van der Waals surface area contributed by atoms with Crippen LogP contribution in [0.3, 0.4) is 0 Å². The molecule has 1 aromatic rings. The molecule has 5 heteroatoms. The summed E-state index contributed by atoms with van der Waals surface area (Å²) in [4.78, 5) is 11.9. The zero-order chi connectivity index (χ0) is 13.1. The van der Waals surface area contributed by atoms with E-state index in [1.165, 1.54) is 0 Å². The van der Waals surface area contributed by atoms with E-state index in [-0.39, 0.29) is 17.9 Å². The minimum atomic E-state index is -0.297. The maximum absolute atomic E-state index is 11.9. The molecule has 98 valence electrons. The van der Waals surface area contributed by atoms with Crippen molar-refractivity contribution in [3.8, 4) is 0 Å². The van der Waals surface area contributed by atoms with Gasteiger partial charge < -0.3 is 16.2 Å². The molecule has 0 saturated heterocycles. The third kappa shape index (κ3) is 3.15. The number of amides is 1. The van der Waals surface area contributed by atoms with Crippen LogP contribution in [0.15, 0.2) is 18.2 Å². The smallest absolute Gasteiger partial charge is 0.251 e. The molecule has 2 unspecified atom stereocenters. The van der Waals surface area contributed by atoms with Crippen LogP contribution in [0.2, 0.25) is 5.02 Å². The molecule has 1 aliphatic carbocycles. The van der Waals surface area contributed by atoms with E-state index in [1.807, 2.05) is 0 Å². The summed E-state index contributed by atoms with van der Waals surface area (Å²) in [5.74, 6) is -0.0474. The molecule has 2 atom stereocenters. The van der Waals surface area contributed by atoms with Crippen molar-refractivity contribution in [3.05, 3.63) is 28.8 Å². The summed E-state index contributed by atoms with van der Waals surface area (Å²) in [6.45, 7) is 0.492. The number of benzene rings is 1. The van der Waals surface area contributed by atoms with Crippen molar-refractivity contribution in [1.29, 1.82) is 0 Å². The summed E-state index contributed by atoms with van der Waals surface area (Å²) in [7, 11) is 0. The molecule has 1 saturated carbocycles. The molecule has 1 aromatic carbocycles. The fraction of sp³-hybridized carbons (Fsp3) is 0.462. The third-order valence-corrected chi connectivity index (χ3v) is 3.54. The first-order valence-electron chi connectivity index (χ1n) is 6.08. The van der Waals surface area contributed by atoms with E-state index in [9.17, 15) is 9.90 Å². The number of aliphatic hydroxyl groups excluding tert-OH is 1. The second kappa shape index (κ2) is 5.59. The van der Waals surface area contributed by atoms with E-state index in [2.05, 4.69) is 5.32 Å². The average molecular weight is 269 g/mol. The predicted molar refractivity (Wildman–Crippen MR) is 71.5 cm³/mol. The van der Waals surface area contributed by atoms with Crippen molar-refractivity contribution in [2.24, 2.45) is 5.92 Å². The highest BCUT2D eigenvalue weighted by Gasteiger charge is 2.25. The standard InChI is InChI=1S/C13H17ClN2O2/c14-10-4-9(5-11(15)6-10)13(18)16-7-8-2-1-3-12(8)17/h4-6,8,12,17H,1-3,7,15H2,(H,16,18). The molecule has 0 spiro atoms. The van der Waals surface area contributed by atoms with Crippen LogP contribution in [0.1, 0.15) is 29.6 Å². The van der Waals surface area contributed by atoms with E-state index in [1.54, 1.807) is 18.2 Å². The Labute approximate surface area is 111 Å². The first kappa shape index (κ1) is 13.2. The van der Waals surface area contributed by atoms with Crippen LogP contribution >= 0.6 is 11.6 Å². The van der Waals surface area contributed by atoms with Crippen molar-refractivity contribution < 1.29 is 9.90 Å². The predicted octanol–water partition coefficient (Wildman–Crippen LogP) is 1.81. The second-order valence-electron chi connectivity index (χ2n) is 4.74. The molecule has 0 radical (unpaired) electrons. The Hall–Kier alpha value is -1.26. The lowest BCUT2D eigenvalue weighted by atomic mass is 10.1. The zero-order valence-electron chi connectivity index (χ0n) is 10.0. The van der Waals surface area contributed by atoms with E-state index in [0.717, 1.165) is 19.3 Å². The maximum Gasteiger partial charge on any atom is 0.251 e. The minimum Gasteiger partial charge on any atom is -0.399 e. The van der Waals surface area contributed by atoms with Gasteiger partial charge >= 0.3 is 0 Å². The molecule has 0 aliphatic heterocycles. The summed E-state index contributed by atoms with van der Waals surface area (Å²) in [6.07, 6.45) is 2.50. The summed E-state index contributed by atoms with van der Waals surface area (Å²) in [5.41, 5.74) is 6.55. The Morgan fingerprint density at radius 3 is 2.83 bits per heavy atom. The molecule has 1 aliphatic rings. The highest BCUT2D eigenvalue weighted by Crippen LogP contribution is 2.24. The van der Waals surface area contributed by atoms with E-state index >= 15 is 0 Å². The second-order valence-corrected chi connectivity index (χ2v) is 5.18. The van der Waals surface area contributed by atoms with Crippen molar-refractivity contribution in [2.75, 3.05) is 12.3 Å². The minimum absolute atomic E-state index is 0.158. The van der Waals surface area contributed by atoms with E-state index in [4.69, 9.17) is 17.3 Å². The lowest BCUT2D eigenvalue weighted by Gasteiger charge is -2.15. The molecule has 0 heterocycles. The number of nitrogen functional groups attached to an aromatic ring is 1. The first-order chi connectivity index (χ1) is 8.56. The number of carbonyl (C=O) groups excluding carboxylic acids is 1. The summed E-state index contributed by atoms with van der Waals surface area (Å²) >= 11 is 5.84. The van der Waals surface area contributed by atoms with E-state index < -0.39 is 0 Å². The van der Waals surface area contributed by atoms with Gasteiger partial charge in [0.25, 0.3) is 5.91 Å². The van der Waals surface area contributed by atoms with Crippen molar-refractivity contribution in [2.45, 2.75) is 25.4 Å². The monoisotopic (exact) mass is 268 g/mol. The van der Waals surface area contributed by atoms with Crippen LogP contribution in [0.25, 0.3) is 0 Å². The Morgan fingerprint density at radius 2 is 2.22 bits per heavy atom. The van der Waals surface area contributed by atoms with Gasteiger partial charge in [-0.2, -0.15) is 0 Å². The molecule has 0 bridgehead atoms. The number of rotatable bonds is 3. The topological polar surface area (TPSA) is 75.4 Å². The van der Waals surface area contributed by atoms with Crippen LogP contribution in [0.4, 0.5) is 5.69 Å². The molecule has 4 N–H and O–H groups in total. The maximum atomic E-state index is 11.9. The van der Waals surface area contributed by atoms with Crippen LogP contribution in [-0.2, 0) is 0 Å². The molecule has 1 amide bonds. The normalized spacial score (nSPS) is 23.0. The zero-order valence-corrected chi connectivity index (χ0v) is 10.8. The third-order valence-electron chi connectivity index (χ3n) is 3.33. The SMILES string of the molecule is Nc1cc(Cl)cc(C(=O)NCC2CCCC2O)c1. The molecule has 4 nitrogen and oxygen atoms in total.